The molecule has 1 saturated heterocycles. The van der Waals surface area contributed by atoms with Gasteiger partial charge in [-0.25, -0.2) is 9.67 Å². The van der Waals surface area contributed by atoms with E-state index in [0.29, 0.717) is 12.2 Å². The van der Waals surface area contributed by atoms with Crippen LogP contribution in [0, 0.1) is 0 Å². The lowest BCUT2D eigenvalue weighted by atomic mass is 10.1. The number of carbonyl (C=O) groups is 2. The Balaban J connectivity index is 1.83. The molecule has 0 bridgehead atoms. The monoisotopic (exact) mass is 495 g/mol. The second-order valence-electron chi connectivity index (χ2n) is 7.19. The van der Waals surface area contributed by atoms with Gasteiger partial charge in [-0.3, -0.25) is 9.59 Å². The number of carbonyl (C=O) groups excluding carboxylic acids is 2. The van der Waals surface area contributed by atoms with Crippen molar-refractivity contribution in [1.82, 2.24) is 25.0 Å². The van der Waals surface area contributed by atoms with Crippen LogP contribution in [0.4, 0.5) is 13.2 Å². The standard InChI is InChI=1S/C21H17ClF3N5O4/c1-33-14-6-12(7-15(9-14)34-21(23,24)25)17-10-16(20(32)29-5-4-27-19(31)11-29)28-30(17)13-2-3-26-18(22)8-13/h2-3,6-10H,4-5,11H2,1H3,(H,27,31). The highest BCUT2D eigenvalue weighted by atomic mass is 35.5. The van der Waals surface area contributed by atoms with Crippen LogP contribution < -0.4 is 14.8 Å². The average molecular weight is 496 g/mol. The molecule has 3 aromatic rings. The van der Waals surface area contributed by atoms with Crippen molar-refractivity contribution < 1.29 is 32.2 Å². The Bertz CT molecular complexity index is 1250. The van der Waals surface area contributed by atoms with Gasteiger partial charge in [0.2, 0.25) is 5.91 Å². The van der Waals surface area contributed by atoms with Crippen molar-refractivity contribution in [3.8, 4) is 28.4 Å². The minimum atomic E-state index is -4.92. The summed E-state index contributed by atoms with van der Waals surface area (Å²) in [4.78, 5) is 30.0. The summed E-state index contributed by atoms with van der Waals surface area (Å²) in [7, 11) is 1.30. The molecular weight excluding hydrogens is 479 g/mol. The number of pyridine rings is 1. The summed E-state index contributed by atoms with van der Waals surface area (Å²) in [5, 5.41) is 7.14. The minimum Gasteiger partial charge on any atom is -0.497 e. The van der Waals surface area contributed by atoms with Crippen LogP contribution in [-0.2, 0) is 4.79 Å². The van der Waals surface area contributed by atoms with E-state index >= 15 is 0 Å². The van der Waals surface area contributed by atoms with Crippen molar-refractivity contribution in [2.75, 3.05) is 26.7 Å². The van der Waals surface area contributed by atoms with Crippen LogP contribution in [0.25, 0.3) is 16.9 Å². The first-order valence-corrected chi connectivity index (χ1v) is 10.2. The molecule has 2 aromatic heterocycles. The fourth-order valence-electron chi connectivity index (χ4n) is 3.42. The first-order chi connectivity index (χ1) is 16.1. The van der Waals surface area contributed by atoms with Crippen molar-refractivity contribution in [1.29, 1.82) is 0 Å². The molecule has 0 aliphatic carbocycles. The van der Waals surface area contributed by atoms with Crippen molar-refractivity contribution >= 4 is 23.4 Å². The summed E-state index contributed by atoms with van der Waals surface area (Å²) in [6, 6.07) is 8.16. The first-order valence-electron chi connectivity index (χ1n) is 9.86. The molecule has 1 aromatic carbocycles. The summed E-state index contributed by atoms with van der Waals surface area (Å²) in [5.74, 6) is -1.23. The predicted molar refractivity (Wildman–Crippen MR) is 114 cm³/mol. The molecule has 178 valence electrons. The van der Waals surface area contributed by atoms with Gasteiger partial charge in [0, 0.05) is 37.0 Å². The minimum absolute atomic E-state index is 0.0151. The van der Waals surface area contributed by atoms with Gasteiger partial charge in [-0.2, -0.15) is 5.10 Å². The summed E-state index contributed by atoms with van der Waals surface area (Å²) >= 11 is 6.01. The van der Waals surface area contributed by atoms with Gasteiger partial charge in [-0.1, -0.05) is 11.6 Å². The molecule has 0 atom stereocenters. The molecule has 0 spiro atoms. The maximum atomic E-state index is 13.1. The number of methoxy groups -OCH3 is 1. The lowest BCUT2D eigenvalue weighted by Crippen LogP contribution is -2.50. The van der Waals surface area contributed by atoms with Gasteiger partial charge >= 0.3 is 6.36 Å². The number of benzene rings is 1. The number of nitrogens with one attached hydrogen (secondary N) is 1. The molecule has 0 unspecified atom stereocenters. The molecule has 34 heavy (non-hydrogen) atoms. The van der Waals surface area contributed by atoms with E-state index in [0.717, 1.165) is 12.1 Å². The topological polar surface area (TPSA) is 98.6 Å². The third kappa shape index (κ3) is 5.22. The molecule has 3 heterocycles. The van der Waals surface area contributed by atoms with Gasteiger partial charge < -0.3 is 19.7 Å². The molecule has 9 nitrogen and oxygen atoms in total. The van der Waals surface area contributed by atoms with E-state index < -0.39 is 18.0 Å². The molecule has 4 rings (SSSR count). The molecule has 1 N–H and O–H groups in total. The van der Waals surface area contributed by atoms with E-state index in [1.54, 1.807) is 6.07 Å². The number of amides is 2. The zero-order valence-corrected chi connectivity index (χ0v) is 18.4. The van der Waals surface area contributed by atoms with Gasteiger partial charge in [0.1, 0.15) is 16.7 Å². The van der Waals surface area contributed by atoms with E-state index in [4.69, 9.17) is 16.3 Å². The van der Waals surface area contributed by atoms with Crippen molar-refractivity contribution in [2.45, 2.75) is 6.36 Å². The van der Waals surface area contributed by atoms with Crippen LogP contribution in [0.3, 0.4) is 0 Å². The number of halogens is 4. The summed E-state index contributed by atoms with van der Waals surface area (Å²) < 4.78 is 49.1. The number of ether oxygens (including phenoxy) is 2. The van der Waals surface area contributed by atoms with Gasteiger partial charge in [-0.05, 0) is 24.3 Å². The van der Waals surface area contributed by atoms with Crippen molar-refractivity contribution in [2.24, 2.45) is 0 Å². The van der Waals surface area contributed by atoms with Crippen LogP contribution >= 0.6 is 11.6 Å². The Kier molecular flexibility index (Phi) is 6.33. The Morgan fingerprint density at radius 2 is 1.94 bits per heavy atom. The second kappa shape index (κ2) is 9.21. The zero-order valence-electron chi connectivity index (χ0n) is 17.6. The number of alkyl halides is 3. The maximum absolute atomic E-state index is 13.1. The van der Waals surface area contributed by atoms with E-state index in [1.165, 1.54) is 41.1 Å². The Morgan fingerprint density at radius 1 is 1.18 bits per heavy atom. The fourth-order valence-corrected chi connectivity index (χ4v) is 3.58. The summed E-state index contributed by atoms with van der Waals surface area (Å²) in [6.07, 6.45) is -3.50. The molecule has 0 radical (unpaired) electrons. The quantitative estimate of drug-likeness (QED) is 0.546. The first kappa shape index (κ1) is 23.4. The molecule has 1 aliphatic rings. The third-order valence-corrected chi connectivity index (χ3v) is 5.06. The lowest BCUT2D eigenvalue weighted by Gasteiger charge is -2.25. The Hall–Kier alpha value is -3.80. The van der Waals surface area contributed by atoms with E-state index in [9.17, 15) is 22.8 Å². The Labute approximate surface area is 196 Å². The van der Waals surface area contributed by atoms with Crippen LogP contribution in [-0.4, -0.2) is 64.6 Å². The summed E-state index contributed by atoms with van der Waals surface area (Å²) in [6.45, 7) is 0.452. The van der Waals surface area contributed by atoms with Gasteiger partial charge in [-0.15, -0.1) is 13.2 Å². The Morgan fingerprint density at radius 3 is 2.62 bits per heavy atom. The van der Waals surface area contributed by atoms with Crippen molar-refractivity contribution in [3.05, 3.63) is 53.4 Å². The number of nitrogens with zero attached hydrogens (tertiary/aromatic N) is 4. The number of aromatic nitrogens is 3. The number of hydrogen-bond donors (Lipinski definition) is 1. The van der Waals surface area contributed by atoms with Crippen LogP contribution in [0.15, 0.2) is 42.6 Å². The normalized spacial score (nSPS) is 14.0. The second-order valence-corrected chi connectivity index (χ2v) is 7.57. The SMILES string of the molecule is COc1cc(OC(F)(F)F)cc(-c2cc(C(=O)N3CCNC(=O)C3)nn2-c2ccnc(Cl)c2)c1. The highest BCUT2D eigenvalue weighted by molar-refractivity contribution is 6.29. The molecular formula is C21H17ClF3N5O4. The largest absolute Gasteiger partial charge is 0.573 e. The molecule has 1 aliphatic heterocycles. The highest BCUT2D eigenvalue weighted by Gasteiger charge is 2.32. The molecule has 0 saturated carbocycles. The van der Waals surface area contributed by atoms with Gasteiger partial charge in [0.25, 0.3) is 5.91 Å². The molecule has 2 amide bonds. The van der Waals surface area contributed by atoms with E-state index in [-0.39, 0.29) is 46.9 Å². The fraction of sp³-hybridized carbons (Fsp3) is 0.238. The van der Waals surface area contributed by atoms with Crippen LogP contribution in [0.5, 0.6) is 11.5 Å². The molecule has 13 heteroatoms. The number of piperazine rings is 1. The van der Waals surface area contributed by atoms with E-state index in [2.05, 4.69) is 20.1 Å². The number of hydrogen-bond acceptors (Lipinski definition) is 6. The van der Waals surface area contributed by atoms with Crippen LogP contribution in [0.2, 0.25) is 5.15 Å². The number of rotatable bonds is 5. The highest BCUT2D eigenvalue weighted by Crippen LogP contribution is 2.34. The smallest absolute Gasteiger partial charge is 0.497 e. The third-order valence-electron chi connectivity index (χ3n) is 4.85. The van der Waals surface area contributed by atoms with Gasteiger partial charge in [0.05, 0.1) is 25.0 Å². The maximum Gasteiger partial charge on any atom is 0.573 e. The van der Waals surface area contributed by atoms with E-state index in [1.807, 2.05) is 0 Å². The average Bonchev–Trinajstić information content (AvgIpc) is 3.23. The van der Waals surface area contributed by atoms with Crippen molar-refractivity contribution in [3.63, 3.8) is 0 Å². The van der Waals surface area contributed by atoms with Gasteiger partial charge in [0.15, 0.2) is 5.69 Å². The van der Waals surface area contributed by atoms with Crippen LogP contribution in [0.1, 0.15) is 10.5 Å². The lowest BCUT2D eigenvalue weighted by molar-refractivity contribution is -0.274. The molecule has 1 fully saturated rings. The summed E-state index contributed by atoms with van der Waals surface area (Å²) in [5.41, 5.74) is 0.887. The predicted octanol–water partition coefficient (Wildman–Crippen LogP) is 3.07. The zero-order chi connectivity index (χ0) is 24.5.